The Bertz CT molecular complexity index is 1460. The van der Waals surface area contributed by atoms with Crippen molar-refractivity contribution in [2.45, 2.75) is 45.9 Å². The first-order chi connectivity index (χ1) is 19.4. The number of benzene rings is 3. The summed E-state index contributed by atoms with van der Waals surface area (Å²) >= 11 is 0. The van der Waals surface area contributed by atoms with Crippen LogP contribution in [0.25, 0.3) is 11.1 Å². The summed E-state index contributed by atoms with van der Waals surface area (Å²) < 4.78 is 36.9. The number of hydrogen-bond donors (Lipinski definition) is 2. The number of carbonyl (C=O) groups is 2. The number of rotatable bonds is 10. The van der Waals surface area contributed by atoms with Gasteiger partial charge in [0, 0.05) is 30.3 Å². The molecule has 1 heterocycles. The smallest absolute Gasteiger partial charge is 0.320 e. The number of nitrogens with two attached hydrogens (primary N) is 1. The van der Waals surface area contributed by atoms with Crippen molar-refractivity contribution in [1.82, 2.24) is 0 Å². The summed E-state index contributed by atoms with van der Waals surface area (Å²) in [6.45, 7) is 7.21. The Morgan fingerprint density at radius 1 is 1.07 bits per heavy atom. The van der Waals surface area contributed by atoms with Gasteiger partial charge in [0.05, 0.1) is 25.0 Å². The molecular formula is C31H36FN3O6. The Balaban J connectivity index is 1.74. The van der Waals surface area contributed by atoms with Crippen LogP contribution >= 0.6 is 0 Å². The number of nitrogens with zero attached hydrogens (tertiary/aromatic N) is 1. The zero-order valence-electron chi connectivity index (χ0n) is 24.2. The number of amides is 1. The number of methoxy groups -OCH3 is 1. The molecule has 0 aliphatic carbocycles. The Kier molecular flexibility index (Phi) is 8.72. The van der Waals surface area contributed by atoms with Crippen LogP contribution in [-0.4, -0.2) is 50.8 Å². The number of aryl methyl sites for hydroxylation is 1. The molecule has 0 aromatic heterocycles. The predicted molar refractivity (Wildman–Crippen MR) is 155 cm³/mol. The summed E-state index contributed by atoms with van der Waals surface area (Å²) in [5.41, 5.74) is 8.97. The minimum Gasteiger partial charge on any atom is -0.496 e. The fraction of sp³-hybridized carbons (Fsp3) is 0.355. The molecule has 1 aliphatic heterocycles. The molecule has 4 rings (SSSR count). The zero-order valence-corrected chi connectivity index (χ0v) is 24.2. The van der Waals surface area contributed by atoms with Gasteiger partial charge in [-0.05, 0) is 63.1 Å². The minimum absolute atomic E-state index is 0.0635. The number of carbonyl (C=O) groups excluding carboxylic acids is 2. The number of halogens is 1. The third kappa shape index (κ3) is 6.38. The minimum atomic E-state index is -0.799. The summed E-state index contributed by atoms with van der Waals surface area (Å²) in [5.74, 6) is 0.433. The lowest BCUT2D eigenvalue weighted by atomic mass is 9.91. The fourth-order valence-corrected chi connectivity index (χ4v) is 4.81. The number of likely N-dealkylation sites (N-methyl/N-ethyl adjacent to an activating group) is 1. The Hall–Kier alpha value is -4.31. The van der Waals surface area contributed by atoms with E-state index >= 15 is 0 Å². The van der Waals surface area contributed by atoms with Crippen LogP contribution in [0, 0.1) is 12.7 Å². The first kappa shape index (κ1) is 29.7. The molecule has 0 spiro atoms. The molecule has 10 heteroatoms. The lowest BCUT2D eigenvalue weighted by Gasteiger charge is -2.39. The van der Waals surface area contributed by atoms with Gasteiger partial charge in [-0.3, -0.25) is 9.59 Å². The lowest BCUT2D eigenvalue weighted by molar-refractivity contribution is -0.147. The molecule has 41 heavy (non-hydrogen) atoms. The van der Waals surface area contributed by atoms with E-state index in [1.807, 2.05) is 39.0 Å². The number of ether oxygens (including phenoxy) is 4. The van der Waals surface area contributed by atoms with Crippen molar-refractivity contribution in [3.8, 4) is 28.4 Å². The van der Waals surface area contributed by atoms with Crippen molar-refractivity contribution >= 4 is 23.3 Å². The molecule has 0 saturated carbocycles. The second-order valence-electron chi connectivity index (χ2n) is 10.5. The second-order valence-corrected chi connectivity index (χ2v) is 10.5. The summed E-state index contributed by atoms with van der Waals surface area (Å²) in [7, 11) is 3.29. The molecule has 218 valence electrons. The second kappa shape index (κ2) is 12.1. The van der Waals surface area contributed by atoms with Crippen molar-refractivity contribution in [1.29, 1.82) is 0 Å². The highest BCUT2D eigenvalue weighted by atomic mass is 19.1. The van der Waals surface area contributed by atoms with Gasteiger partial charge in [0.1, 0.15) is 47.9 Å². The van der Waals surface area contributed by atoms with Gasteiger partial charge in [-0.15, -0.1) is 0 Å². The molecule has 3 aromatic carbocycles. The molecule has 1 aliphatic rings. The van der Waals surface area contributed by atoms with E-state index in [9.17, 15) is 14.0 Å². The standard InChI is InChI=1S/C31H36FN3O6/c1-18-7-8-20(32)13-26(18)40-17-24-22(11-12-25-29(24)35(5)30(37)31(3,4)34-25)23-10-9-21(14-27(23)38-6)39-16-19(2)41-28(36)15-33/h7-14,19,34H,15-17,33H2,1-6H3/t19-/m0/s1. The van der Waals surface area contributed by atoms with E-state index in [-0.39, 0.29) is 25.7 Å². The maximum atomic E-state index is 14.0. The molecular weight excluding hydrogens is 529 g/mol. The highest BCUT2D eigenvalue weighted by Gasteiger charge is 2.38. The van der Waals surface area contributed by atoms with Crippen LogP contribution in [0.3, 0.4) is 0 Å². The van der Waals surface area contributed by atoms with Crippen LogP contribution in [0.4, 0.5) is 15.8 Å². The van der Waals surface area contributed by atoms with Crippen molar-refractivity contribution in [2.75, 3.05) is 37.5 Å². The number of nitrogens with one attached hydrogen (secondary N) is 1. The van der Waals surface area contributed by atoms with Gasteiger partial charge in [0.25, 0.3) is 5.91 Å². The maximum absolute atomic E-state index is 14.0. The summed E-state index contributed by atoms with van der Waals surface area (Å²) in [6.07, 6.45) is -0.489. The van der Waals surface area contributed by atoms with Crippen molar-refractivity contribution in [3.05, 3.63) is 65.5 Å². The fourth-order valence-electron chi connectivity index (χ4n) is 4.81. The molecule has 0 radical (unpaired) electrons. The van der Waals surface area contributed by atoms with E-state index in [1.165, 1.54) is 12.1 Å². The summed E-state index contributed by atoms with van der Waals surface area (Å²) in [6, 6.07) is 13.6. The van der Waals surface area contributed by atoms with Crippen molar-refractivity contribution in [2.24, 2.45) is 5.73 Å². The van der Waals surface area contributed by atoms with Crippen molar-refractivity contribution < 1.29 is 32.9 Å². The first-order valence-electron chi connectivity index (χ1n) is 13.3. The van der Waals surface area contributed by atoms with Gasteiger partial charge in [-0.1, -0.05) is 12.1 Å². The van der Waals surface area contributed by atoms with Gasteiger partial charge in [-0.2, -0.15) is 0 Å². The molecule has 3 N–H and O–H groups in total. The Morgan fingerprint density at radius 2 is 1.80 bits per heavy atom. The normalized spacial score (nSPS) is 14.5. The molecule has 9 nitrogen and oxygen atoms in total. The first-order valence-corrected chi connectivity index (χ1v) is 13.3. The number of hydrogen-bond acceptors (Lipinski definition) is 8. The van der Waals surface area contributed by atoms with Gasteiger partial charge >= 0.3 is 5.97 Å². The molecule has 0 saturated heterocycles. The van der Waals surface area contributed by atoms with E-state index in [2.05, 4.69) is 5.32 Å². The van der Waals surface area contributed by atoms with Gasteiger partial charge in [0.15, 0.2) is 0 Å². The monoisotopic (exact) mass is 565 g/mol. The SMILES string of the molecule is COc1cc(OC[C@H](C)OC(=O)CN)ccc1-c1ccc2c(c1COc1cc(F)ccc1C)N(C)C(=O)C(C)(C)N2. The molecule has 3 aromatic rings. The van der Waals surface area contributed by atoms with E-state index in [0.29, 0.717) is 22.9 Å². The van der Waals surface area contributed by atoms with Gasteiger partial charge in [-0.25, -0.2) is 4.39 Å². The van der Waals surface area contributed by atoms with Crippen LogP contribution in [-0.2, 0) is 20.9 Å². The third-order valence-corrected chi connectivity index (χ3v) is 6.87. The Morgan fingerprint density at radius 3 is 2.51 bits per heavy atom. The van der Waals surface area contributed by atoms with Crippen molar-refractivity contribution in [3.63, 3.8) is 0 Å². The average Bonchev–Trinajstić information content (AvgIpc) is 2.94. The number of fused-ring (bicyclic) bond motifs is 1. The highest BCUT2D eigenvalue weighted by molar-refractivity contribution is 6.08. The largest absolute Gasteiger partial charge is 0.496 e. The predicted octanol–water partition coefficient (Wildman–Crippen LogP) is 4.82. The molecule has 1 amide bonds. The van der Waals surface area contributed by atoms with Crippen LogP contribution < -0.4 is 30.2 Å². The molecule has 0 bridgehead atoms. The quantitative estimate of drug-likeness (QED) is 0.337. The Labute approximate surface area is 239 Å². The van der Waals surface area contributed by atoms with E-state index in [0.717, 1.165) is 27.9 Å². The highest BCUT2D eigenvalue weighted by Crippen LogP contribution is 2.45. The third-order valence-electron chi connectivity index (χ3n) is 6.87. The zero-order chi connectivity index (χ0) is 29.9. The molecule has 0 unspecified atom stereocenters. The van der Waals surface area contributed by atoms with Crippen LogP contribution in [0.2, 0.25) is 0 Å². The number of esters is 1. The van der Waals surface area contributed by atoms with Gasteiger partial charge in [0.2, 0.25) is 0 Å². The topological polar surface area (TPSA) is 112 Å². The molecule has 1 atom stereocenters. The van der Waals surface area contributed by atoms with E-state index in [4.69, 9.17) is 24.7 Å². The average molecular weight is 566 g/mol. The van der Waals surface area contributed by atoms with Gasteiger partial charge < -0.3 is 34.9 Å². The summed E-state index contributed by atoms with van der Waals surface area (Å²) in [4.78, 5) is 26.3. The van der Waals surface area contributed by atoms with Crippen LogP contribution in [0.1, 0.15) is 31.9 Å². The maximum Gasteiger partial charge on any atom is 0.320 e. The van der Waals surface area contributed by atoms with Crippen LogP contribution in [0.5, 0.6) is 17.2 Å². The number of anilines is 2. The van der Waals surface area contributed by atoms with E-state index in [1.54, 1.807) is 44.2 Å². The molecule has 0 fully saturated rings. The van der Waals surface area contributed by atoms with E-state index < -0.39 is 23.4 Å². The lowest BCUT2D eigenvalue weighted by Crippen LogP contribution is -2.52. The van der Waals surface area contributed by atoms with Crippen LogP contribution in [0.15, 0.2) is 48.5 Å². The summed E-state index contributed by atoms with van der Waals surface area (Å²) in [5, 5.41) is 3.34.